The molecule has 7 heteroatoms. The largest absolute Gasteiger partial charge is 0.487 e. The minimum atomic E-state index is -0.155. The second-order valence-electron chi connectivity index (χ2n) is 7.33. The maximum Gasteiger partial charge on any atom is 0.191 e. The fraction of sp³-hybridized carbons (Fsp3) is 0.435. The molecule has 0 unspecified atom stereocenters. The Labute approximate surface area is 201 Å². The van der Waals surface area contributed by atoms with Gasteiger partial charge in [-0.3, -0.25) is 0 Å². The number of aliphatic imine (C=N–C) groups is 1. The number of hydrogen-bond acceptors (Lipinski definition) is 3. The quantitative estimate of drug-likeness (QED) is 0.264. The molecule has 0 spiro atoms. The lowest BCUT2D eigenvalue weighted by molar-refractivity contribution is 0.120. The highest BCUT2D eigenvalue weighted by molar-refractivity contribution is 14.0. The molecule has 2 aromatic rings. The van der Waals surface area contributed by atoms with E-state index in [0.29, 0.717) is 30.0 Å². The van der Waals surface area contributed by atoms with Crippen molar-refractivity contribution in [2.75, 3.05) is 6.54 Å². The molecule has 0 heterocycles. The van der Waals surface area contributed by atoms with Crippen molar-refractivity contribution < 1.29 is 9.84 Å². The summed E-state index contributed by atoms with van der Waals surface area (Å²) < 4.78 is 5.91. The lowest BCUT2D eigenvalue weighted by Crippen LogP contribution is -2.45. The van der Waals surface area contributed by atoms with Crippen LogP contribution in [-0.4, -0.2) is 29.8 Å². The first kappa shape index (κ1) is 24.8. The Hall–Kier alpha value is -1.51. The number of halogens is 2. The number of guanidine groups is 1. The Balaban J connectivity index is 0.00000320. The van der Waals surface area contributed by atoms with Gasteiger partial charge >= 0.3 is 0 Å². The third-order valence-electron chi connectivity index (χ3n) is 5.13. The van der Waals surface area contributed by atoms with Crippen molar-refractivity contribution in [3.8, 4) is 5.75 Å². The van der Waals surface area contributed by atoms with Gasteiger partial charge < -0.3 is 20.5 Å². The number of nitrogens with one attached hydrogen (secondary N) is 2. The second kappa shape index (κ2) is 13.0. The van der Waals surface area contributed by atoms with E-state index in [9.17, 15) is 5.11 Å². The molecule has 1 aliphatic carbocycles. The number of para-hydroxylation sites is 1. The van der Waals surface area contributed by atoms with Crippen LogP contribution in [0.15, 0.2) is 53.5 Å². The number of rotatable bonds is 7. The maximum absolute atomic E-state index is 9.70. The van der Waals surface area contributed by atoms with E-state index < -0.39 is 0 Å². The van der Waals surface area contributed by atoms with Crippen LogP contribution < -0.4 is 15.4 Å². The summed E-state index contributed by atoms with van der Waals surface area (Å²) in [5.41, 5.74) is 2.21. The monoisotopic (exact) mass is 543 g/mol. The predicted octanol–water partition coefficient (Wildman–Crippen LogP) is 4.90. The minimum Gasteiger partial charge on any atom is -0.487 e. The fourth-order valence-corrected chi connectivity index (χ4v) is 3.66. The summed E-state index contributed by atoms with van der Waals surface area (Å²) in [6.07, 6.45) is 3.47. The van der Waals surface area contributed by atoms with E-state index in [4.69, 9.17) is 21.3 Å². The summed E-state index contributed by atoms with van der Waals surface area (Å²) in [6, 6.07) is 16.0. The van der Waals surface area contributed by atoms with Gasteiger partial charge in [0.1, 0.15) is 12.4 Å². The van der Waals surface area contributed by atoms with Crippen molar-refractivity contribution in [2.24, 2.45) is 4.99 Å². The predicted molar refractivity (Wildman–Crippen MR) is 134 cm³/mol. The smallest absolute Gasteiger partial charge is 0.191 e. The van der Waals surface area contributed by atoms with Gasteiger partial charge in [-0.15, -0.1) is 24.0 Å². The molecule has 3 rings (SSSR count). The van der Waals surface area contributed by atoms with Crippen molar-refractivity contribution in [1.29, 1.82) is 0 Å². The van der Waals surface area contributed by atoms with Crippen LogP contribution in [0.3, 0.4) is 0 Å². The molecular weight excluding hydrogens is 513 g/mol. The molecule has 0 aromatic heterocycles. The van der Waals surface area contributed by atoms with Crippen LogP contribution in [0.25, 0.3) is 0 Å². The standard InChI is InChI=1S/C23H30ClN3O2.HI/c1-2-25-23(27-19-11-13-20(28)14-12-19)26-15-17-7-3-4-8-18(17)16-29-22-10-6-5-9-21(22)24;/h3-10,19-20,28H,2,11-16H2,1H3,(H2,25,26,27);1H. The van der Waals surface area contributed by atoms with Crippen molar-refractivity contribution in [2.45, 2.75) is 57.9 Å². The molecule has 30 heavy (non-hydrogen) atoms. The third-order valence-corrected chi connectivity index (χ3v) is 5.44. The van der Waals surface area contributed by atoms with Gasteiger partial charge in [0.15, 0.2) is 5.96 Å². The molecule has 3 N–H and O–H groups in total. The molecule has 1 aliphatic rings. The van der Waals surface area contributed by atoms with E-state index in [1.807, 2.05) is 36.4 Å². The summed E-state index contributed by atoms with van der Waals surface area (Å²) in [4.78, 5) is 4.78. The Morgan fingerprint density at radius 3 is 2.43 bits per heavy atom. The van der Waals surface area contributed by atoms with Crippen LogP contribution in [0.1, 0.15) is 43.7 Å². The van der Waals surface area contributed by atoms with Crippen LogP contribution in [0.2, 0.25) is 5.02 Å². The number of benzene rings is 2. The normalized spacial score (nSPS) is 19.0. The SMILES string of the molecule is CCNC(=NCc1ccccc1COc1ccccc1Cl)NC1CCC(O)CC1.I. The summed E-state index contributed by atoms with van der Waals surface area (Å²) in [5.74, 6) is 1.50. The number of nitrogens with zero attached hydrogens (tertiary/aromatic N) is 1. The van der Waals surface area contributed by atoms with Gasteiger partial charge in [-0.25, -0.2) is 4.99 Å². The third kappa shape index (κ3) is 7.63. The zero-order valence-electron chi connectivity index (χ0n) is 17.3. The first-order valence-corrected chi connectivity index (χ1v) is 10.7. The summed E-state index contributed by atoms with van der Waals surface area (Å²) in [6.45, 7) is 3.87. The number of aliphatic hydroxyl groups excluding tert-OH is 1. The van der Waals surface area contributed by atoms with E-state index in [0.717, 1.165) is 49.3 Å². The lowest BCUT2D eigenvalue weighted by atomic mass is 9.93. The van der Waals surface area contributed by atoms with Crippen LogP contribution in [-0.2, 0) is 13.2 Å². The fourth-order valence-electron chi connectivity index (χ4n) is 3.47. The van der Waals surface area contributed by atoms with Crippen molar-refractivity contribution in [3.05, 3.63) is 64.7 Å². The van der Waals surface area contributed by atoms with Gasteiger partial charge in [-0.05, 0) is 55.9 Å². The molecule has 1 saturated carbocycles. The van der Waals surface area contributed by atoms with Gasteiger partial charge in [-0.1, -0.05) is 48.0 Å². The topological polar surface area (TPSA) is 65.9 Å². The van der Waals surface area contributed by atoms with Gasteiger partial charge in [0.25, 0.3) is 0 Å². The highest BCUT2D eigenvalue weighted by Gasteiger charge is 2.20. The summed E-state index contributed by atoms with van der Waals surface area (Å²) in [7, 11) is 0. The number of hydrogen-bond donors (Lipinski definition) is 3. The van der Waals surface area contributed by atoms with Gasteiger partial charge in [0, 0.05) is 12.6 Å². The first-order chi connectivity index (χ1) is 14.2. The average Bonchev–Trinajstić information content (AvgIpc) is 2.74. The number of aliphatic hydroxyl groups is 1. The van der Waals surface area contributed by atoms with Crippen molar-refractivity contribution in [3.63, 3.8) is 0 Å². The molecule has 2 aromatic carbocycles. The Kier molecular flexibility index (Phi) is 10.7. The summed E-state index contributed by atoms with van der Waals surface area (Å²) in [5, 5.41) is 17.1. The molecule has 0 bridgehead atoms. The molecule has 0 radical (unpaired) electrons. The summed E-state index contributed by atoms with van der Waals surface area (Å²) >= 11 is 6.19. The number of ether oxygens (including phenoxy) is 1. The zero-order chi connectivity index (χ0) is 20.5. The molecular formula is C23H31ClIN3O2. The molecule has 0 amide bonds. The maximum atomic E-state index is 9.70. The van der Waals surface area contributed by atoms with Crippen LogP contribution in [0.5, 0.6) is 5.75 Å². The second-order valence-corrected chi connectivity index (χ2v) is 7.74. The Morgan fingerprint density at radius 2 is 1.73 bits per heavy atom. The van der Waals surface area contributed by atoms with E-state index >= 15 is 0 Å². The molecule has 1 fully saturated rings. The average molecular weight is 544 g/mol. The molecule has 5 nitrogen and oxygen atoms in total. The van der Waals surface area contributed by atoms with E-state index in [-0.39, 0.29) is 30.1 Å². The molecule has 164 valence electrons. The van der Waals surface area contributed by atoms with E-state index in [1.54, 1.807) is 0 Å². The molecule has 0 atom stereocenters. The van der Waals surface area contributed by atoms with Gasteiger partial charge in [0.05, 0.1) is 17.7 Å². The Bertz CT molecular complexity index is 811. The van der Waals surface area contributed by atoms with Crippen LogP contribution in [0.4, 0.5) is 0 Å². The zero-order valence-corrected chi connectivity index (χ0v) is 20.4. The van der Waals surface area contributed by atoms with Crippen LogP contribution >= 0.6 is 35.6 Å². The van der Waals surface area contributed by atoms with Crippen molar-refractivity contribution >= 4 is 41.5 Å². The minimum absolute atomic E-state index is 0. The first-order valence-electron chi connectivity index (χ1n) is 10.3. The molecule has 0 saturated heterocycles. The highest BCUT2D eigenvalue weighted by Crippen LogP contribution is 2.25. The van der Waals surface area contributed by atoms with Crippen molar-refractivity contribution in [1.82, 2.24) is 10.6 Å². The van der Waals surface area contributed by atoms with E-state index in [2.05, 4.69) is 29.7 Å². The van der Waals surface area contributed by atoms with Gasteiger partial charge in [0.2, 0.25) is 0 Å². The van der Waals surface area contributed by atoms with E-state index in [1.165, 1.54) is 0 Å². The Morgan fingerprint density at radius 1 is 1.07 bits per heavy atom. The molecule has 0 aliphatic heterocycles. The van der Waals surface area contributed by atoms with Crippen LogP contribution in [0, 0.1) is 0 Å². The lowest BCUT2D eigenvalue weighted by Gasteiger charge is -2.27. The highest BCUT2D eigenvalue weighted by atomic mass is 127. The van der Waals surface area contributed by atoms with Gasteiger partial charge in [-0.2, -0.15) is 0 Å².